The first-order valence-corrected chi connectivity index (χ1v) is 5.66. The lowest BCUT2D eigenvalue weighted by atomic mass is 10.2. The fraction of sp³-hybridized carbons (Fsp3) is 0.636. The summed E-state index contributed by atoms with van der Waals surface area (Å²) in [6, 6.07) is 0. The largest absolute Gasteiger partial charge is 0.338 e. The van der Waals surface area contributed by atoms with E-state index in [2.05, 4.69) is 27.1 Å². The van der Waals surface area contributed by atoms with Gasteiger partial charge in [-0.25, -0.2) is 9.97 Å². The molecule has 1 aliphatic heterocycles. The molecule has 4 heteroatoms. The topological polar surface area (TPSA) is 41.1 Å². The maximum absolute atomic E-state index is 4.41. The van der Waals surface area contributed by atoms with Crippen LogP contribution < -0.4 is 10.2 Å². The van der Waals surface area contributed by atoms with Gasteiger partial charge in [-0.2, -0.15) is 0 Å². The van der Waals surface area contributed by atoms with Crippen LogP contribution >= 0.6 is 0 Å². The third kappa shape index (κ3) is 2.65. The van der Waals surface area contributed by atoms with Gasteiger partial charge in [0.1, 0.15) is 0 Å². The van der Waals surface area contributed by atoms with Crippen molar-refractivity contribution >= 4 is 5.95 Å². The number of hydrogen-bond acceptors (Lipinski definition) is 4. The van der Waals surface area contributed by atoms with E-state index >= 15 is 0 Å². The minimum atomic E-state index is 0.872. The normalized spacial score (nSPS) is 16.7. The summed E-state index contributed by atoms with van der Waals surface area (Å²) in [6.45, 7) is 6.24. The average molecular weight is 206 g/mol. The van der Waals surface area contributed by atoms with Gasteiger partial charge >= 0.3 is 0 Å². The Labute approximate surface area is 90.7 Å². The van der Waals surface area contributed by atoms with Gasteiger partial charge in [0.05, 0.1) is 0 Å². The SMILES string of the molecule is CCCc1cnc(N2CCNCC2)nc1. The molecule has 1 aromatic heterocycles. The Morgan fingerprint density at radius 2 is 1.93 bits per heavy atom. The standard InChI is InChI=1S/C11H18N4/c1-2-3-10-8-13-11(14-9-10)15-6-4-12-5-7-15/h8-9,12H,2-7H2,1H3. The van der Waals surface area contributed by atoms with E-state index < -0.39 is 0 Å². The Kier molecular flexibility index (Phi) is 3.50. The van der Waals surface area contributed by atoms with Gasteiger partial charge in [0.15, 0.2) is 0 Å². The predicted molar refractivity (Wildman–Crippen MR) is 61.1 cm³/mol. The third-order valence-electron chi connectivity index (χ3n) is 2.63. The quantitative estimate of drug-likeness (QED) is 0.795. The molecular weight excluding hydrogens is 188 g/mol. The summed E-state index contributed by atoms with van der Waals surface area (Å²) >= 11 is 0. The Hall–Kier alpha value is -1.16. The second-order valence-electron chi connectivity index (χ2n) is 3.88. The number of anilines is 1. The predicted octanol–water partition coefficient (Wildman–Crippen LogP) is 0.839. The number of rotatable bonds is 3. The lowest BCUT2D eigenvalue weighted by molar-refractivity contribution is 0.579. The first kappa shape index (κ1) is 10.4. The lowest BCUT2D eigenvalue weighted by Gasteiger charge is -2.27. The van der Waals surface area contributed by atoms with Crippen LogP contribution in [-0.4, -0.2) is 36.1 Å². The second-order valence-corrected chi connectivity index (χ2v) is 3.88. The van der Waals surface area contributed by atoms with Crippen LogP contribution in [0.1, 0.15) is 18.9 Å². The maximum atomic E-state index is 4.41. The Balaban J connectivity index is 2.02. The molecule has 2 rings (SSSR count). The number of hydrogen-bond donors (Lipinski definition) is 1. The highest BCUT2D eigenvalue weighted by molar-refractivity contribution is 5.30. The minimum Gasteiger partial charge on any atom is -0.338 e. The summed E-state index contributed by atoms with van der Waals surface area (Å²) in [7, 11) is 0. The molecule has 0 bridgehead atoms. The molecular formula is C11H18N4. The molecule has 0 aromatic carbocycles. The first-order chi connectivity index (χ1) is 7.40. The van der Waals surface area contributed by atoms with E-state index in [0.717, 1.165) is 45.0 Å². The summed E-state index contributed by atoms with van der Waals surface area (Å²) in [5, 5.41) is 3.32. The summed E-state index contributed by atoms with van der Waals surface area (Å²) in [5.41, 5.74) is 1.23. The van der Waals surface area contributed by atoms with E-state index in [-0.39, 0.29) is 0 Å². The van der Waals surface area contributed by atoms with Gasteiger partial charge in [-0.3, -0.25) is 0 Å². The average Bonchev–Trinajstić information content (AvgIpc) is 2.32. The van der Waals surface area contributed by atoms with Crippen LogP contribution in [0.25, 0.3) is 0 Å². The van der Waals surface area contributed by atoms with E-state index in [1.54, 1.807) is 0 Å². The zero-order valence-corrected chi connectivity index (χ0v) is 9.24. The highest BCUT2D eigenvalue weighted by atomic mass is 15.3. The third-order valence-corrected chi connectivity index (χ3v) is 2.63. The summed E-state index contributed by atoms with van der Waals surface area (Å²) in [4.78, 5) is 11.0. The van der Waals surface area contributed by atoms with Crippen LogP contribution in [0.4, 0.5) is 5.95 Å². The summed E-state index contributed by atoms with van der Waals surface area (Å²) in [5.74, 6) is 0.872. The van der Waals surface area contributed by atoms with Crippen LogP contribution in [0.2, 0.25) is 0 Å². The molecule has 0 aliphatic carbocycles. The van der Waals surface area contributed by atoms with Gasteiger partial charge < -0.3 is 10.2 Å². The van der Waals surface area contributed by atoms with Gasteiger partial charge in [-0.05, 0) is 12.0 Å². The van der Waals surface area contributed by atoms with Crippen LogP contribution in [0.3, 0.4) is 0 Å². The van der Waals surface area contributed by atoms with Gasteiger partial charge in [-0.15, -0.1) is 0 Å². The monoisotopic (exact) mass is 206 g/mol. The van der Waals surface area contributed by atoms with Crippen molar-refractivity contribution in [1.82, 2.24) is 15.3 Å². The van der Waals surface area contributed by atoms with Crippen LogP contribution in [0.15, 0.2) is 12.4 Å². The fourth-order valence-electron chi connectivity index (χ4n) is 1.79. The smallest absolute Gasteiger partial charge is 0.225 e. The summed E-state index contributed by atoms with van der Waals surface area (Å²) < 4.78 is 0. The highest BCUT2D eigenvalue weighted by Gasteiger charge is 2.12. The molecule has 0 atom stereocenters. The molecule has 1 saturated heterocycles. The first-order valence-electron chi connectivity index (χ1n) is 5.66. The number of piperazine rings is 1. The van der Waals surface area contributed by atoms with Crippen molar-refractivity contribution in [1.29, 1.82) is 0 Å². The van der Waals surface area contributed by atoms with Crippen molar-refractivity contribution in [3.63, 3.8) is 0 Å². The zero-order valence-electron chi connectivity index (χ0n) is 9.24. The van der Waals surface area contributed by atoms with E-state index in [1.807, 2.05) is 12.4 Å². The molecule has 0 spiro atoms. The van der Waals surface area contributed by atoms with Crippen molar-refractivity contribution in [2.24, 2.45) is 0 Å². The Bertz CT molecular complexity index is 290. The molecule has 1 aromatic rings. The van der Waals surface area contributed by atoms with Gasteiger partial charge in [-0.1, -0.05) is 13.3 Å². The van der Waals surface area contributed by atoms with E-state index in [9.17, 15) is 0 Å². The highest BCUT2D eigenvalue weighted by Crippen LogP contribution is 2.08. The Morgan fingerprint density at radius 3 is 2.53 bits per heavy atom. The number of nitrogens with one attached hydrogen (secondary N) is 1. The number of nitrogens with zero attached hydrogens (tertiary/aromatic N) is 3. The molecule has 15 heavy (non-hydrogen) atoms. The molecule has 4 nitrogen and oxygen atoms in total. The number of aryl methyl sites for hydroxylation is 1. The molecule has 2 heterocycles. The van der Waals surface area contributed by atoms with Crippen LogP contribution in [-0.2, 0) is 6.42 Å². The maximum Gasteiger partial charge on any atom is 0.225 e. The molecule has 0 saturated carbocycles. The fourth-order valence-corrected chi connectivity index (χ4v) is 1.79. The van der Waals surface area contributed by atoms with Gasteiger partial charge in [0.2, 0.25) is 5.95 Å². The van der Waals surface area contributed by atoms with Crippen molar-refractivity contribution < 1.29 is 0 Å². The zero-order chi connectivity index (χ0) is 10.5. The van der Waals surface area contributed by atoms with Crippen LogP contribution in [0.5, 0.6) is 0 Å². The van der Waals surface area contributed by atoms with E-state index in [1.165, 1.54) is 5.56 Å². The van der Waals surface area contributed by atoms with Crippen molar-refractivity contribution in [3.05, 3.63) is 18.0 Å². The van der Waals surface area contributed by atoms with E-state index in [4.69, 9.17) is 0 Å². The molecule has 0 unspecified atom stereocenters. The lowest BCUT2D eigenvalue weighted by Crippen LogP contribution is -2.44. The van der Waals surface area contributed by atoms with Crippen molar-refractivity contribution in [2.45, 2.75) is 19.8 Å². The van der Waals surface area contributed by atoms with Gasteiger partial charge in [0.25, 0.3) is 0 Å². The molecule has 0 amide bonds. The second kappa shape index (κ2) is 5.07. The van der Waals surface area contributed by atoms with Crippen molar-refractivity contribution in [2.75, 3.05) is 31.1 Å². The molecule has 1 aliphatic rings. The van der Waals surface area contributed by atoms with Crippen molar-refractivity contribution in [3.8, 4) is 0 Å². The molecule has 1 fully saturated rings. The van der Waals surface area contributed by atoms with Crippen LogP contribution in [0, 0.1) is 0 Å². The van der Waals surface area contributed by atoms with E-state index in [0.29, 0.717) is 0 Å². The number of aromatic nitrogens is 2. The Morgan fingerprint density at radius 1 is 1.27 bits per heavy atom. The molecule has 0 radical (unpaired) electrons. The molecule has 82 valence electrons. The minimum absolute atomic E-state index is 0.872. The summed E-state index contributed by atoms with van der Waals surface area (Å²) in [6.07, 6.45) is 6.12. The molecule has 1 N–H and O–H groups in total. The van der Waals surface area contributed by atoms with Gasteiger partial charge in [0, 0.05) is 38.6 Å².